The molecule has 126 valence electrons. The highest BCUT2D eigenvalue weighted by molar-refractivity contribution is 5.97. The summed E-state index contributed by atoms with van der Waals surface area (Å²) in [6, 6.07) is 15.6. The lowest BCUT2D eigenvalue weighted by atomic mass is 10.0. The number of nitrogens with zero attached hydrogens (tertiary/aromatic N) is 1. The van der Waals surface area contributed by atoms with Crippen LogP contribution in [-0.2, 0) is 29.3 Å². The van der Waals surface area contributed by atoms with Gasteiger partial charge in [-0.25, -0.2) is 9.78 Å². The molecule has 0 atom stereocenters. The molecule has 0 N–H and O–H groups in total. The summed E-state index contributed by atoms with van der Waals surface area (Å²) >= 11 is 0. The Morgan fingerprint density at radius 3 is 2.76 bits per heavy atom. The van der Waals surface area contributed by atoms with E-state index in [0.717, 1.165) is 33.3 Å². The number of methoxy groups -OCH3 is 1. The van der Waals surface area contributed by atoms with Gasteiger partial charge in [-0.2, -0.15) is 0 Å². The Balaban J connectivity index is 1.71. The standard InChI is InChI=1S/C20H17NO4/c1-23-14-7-8-18-15(9-14)16(17-12-25-20(22)19(17)21-18)11-24-10-13-5-3-2-4-6-13/h2-9H,10-12H2,1H3. The van der Waals surface area contributed by atoms with Crippen molar-refractivity contribution in [2.45, 2.75) is 19.8 Å². The van der Waals surface area contributed by atoms with E-state index in [-0.39, 0.29) is 12.6 Å². The molecule has 0 aliphatic carbocycles. The van der Waals surface area contributed by atoms with Crippen LogP contribution >= 0.6 is 0 Å². The fraction of sp³-hybridized carbons (Fsp3) is 0.200. The fourth-order valence-corrected chi connectivity index (χ4v) is 3.02. The smallest absolute Gasteiger partial charge is 0.357 e. The van der Waals surface area contributed by atoms with Crippen LogP contribution in [0.15, 0.2) is 48.5 Å². The fourth-order valence-electron chi connectivity index (χ4n) is 3.02. The predicted molar refractivity (Wildman–Crippen MR) is 92.3 cm³/mol. The van der Waals surface area contributed by atoms with Gasteiger partial charge in [0.15, 0.2) is 5.69 Å². The first-order valence-electron chi connectivity index (χ1n) is 8.04. The summed E-state index contributed by atoms with van der Waals surface area (Å²) in [7, 11) is 1.63. The summed E-state index contributed by atoms with van der Waals surface area (Å²) < 4.78 is 16.4. The van der Waals surface area contributed by atoms with Crippen LogP contribution in [0.1, 0.15) is 27.2 Å². The molecule has 0 radical (unpaired) electrons. The van der Waals surface area contributed by atoms with Crippen molar-refractivity contribution >= 4 is 16.9 Å². The van der Waals surface area contributed by atoms with Crippen LogP contribution < -0.4 is 4.74 Å². The molecule has 5 nitrogen and oxygen atoms in total. The second kappa shape index (κ2) is 6.53. The summed E-state index contributed by atoms with van der Waals surface area (Å²) in [5.74, 6) is 0.362. The Labute approximate surface area is 145 Å². The van der Waals surface area contributed by atoms with E-state index in [4.69, 9.17) is 14.2 Å². The Hall–Kier alpha value is -2.92. The zero-order valence-electron chi connectivity index (χ0n) is 13.8. The lowest BCUT2D eigenvalue weighted by molar-refractivity contribution is 0.0528. The number of pyridine rings is 1. The Morgan fingerprint density at radius 2 is 1.96 bits per heavy atom. The molecule has 0 saturated carbocycles. The number of carbonyl (C=O) groups is 1. The van der Waals surface area contributed by atoms with Gasteiger partial charge in [0.25, 0.3) is 0 Å². The zero-order valence-corrected chi connectivity index (χ0v) is 13.8. The monoisotopic (exact) mass is 335 g/mol. The number of ether oxygens (including phenoxy) is 3. The highest BCUT2D eigenvalue weighted by Crippen LogP contribution is 2.31. The van der Waals surface area contributed by atoms with E-state index in [1.165, 1.54) is 0 Å². The van der Waals surface area contributed by atoms with E-state index in [2.05, 4.69) is 4.98 Å². The molecule has 0 unspecified atom stereocenters. The Morgan fingerprint density at radius 1 is 1.12 bits per heavy atom. The topological polar surface area (TPSA) is 57.6 Å². The molecule has 2 aromatic carbocycles. The van der Waals surface area contributed by atoms with Gasteiger partial charge in [0.05, 0.1) is 25.8 Å². The van der Waals surface area contributed by atoms with E-state index in [1.807, 2.05) is 48.5 Å². The predicted octanol–water partition coefficient (Wildman–Crippen LogP) is 3.63. The van der Waals surface area contributed by atoms with Gasteiger partial charge in [-0.3, -0.25) is 0 Å². The molecule has 1 aliphatic heterocycles. The molecular weight excluding hydrogens is 318 g/mol. The lowest BCUT2D eigenvalue weighted by Crippen LogP contribution is -2.04. The first-order chi connectivity index (χ1) is 12.3. The molecule has 0 bridgehead atoms. The molecule has 0 spiro atoms. The normalized spacial score (nSPS) is 12.9. The van der Waals surface area contributed by atoms with Crippen molar-refractivity contribution in [1.29, 1.82) is 0 Å². The van der Waals surface area contributed by atoms with E-state index < -0.39 is 0 Å². The quantitative estimate of drug-likeness (QED) is 0.666. The van der Waals surface area contributed by atoms with Crippen LogP contribution in [0, 0.1) is 0 Å². The number of fused-ring (bicyclic) bond motifs is 2. The van der Waals surface area contributed by atoms with Gasteiger partial charge in [0.2, 0.25) is 0 Å². The van der Waals surface area contributed by atoms with E-state index in [9.17, 15) is 4.79 Å². The number of benzene rings is 2. The molecular formula is C20H17NO4. The average Bonchev–Trinajstić information content (AvgIpc) is 3.02. The van der Waals surface area contributed by atoms with Crippen molar-refractivity contribution in [1.82, 2.24) is 4.98 Å². The molecule has 25 heavy (non-hydrogen) atoms. The van der Waals surface area contributed by atoms with E-state index >= 15 is 0 Å². The molecule has 0 fully saturated rings. The van der Waals surface area contributed by atoms with Gasteiger partial charge in [0.1, 0.15) is 12.4 Å². The van der Waals surface area contributed by atoms with Gasteiger partial charge < -0.3 is 14.2 Å². The summed E-state index contributed by atoms with van der Waals surface area (Å²) in [4.78, 5) is 16.4. The molecule has 2 heterocycles. The summed E-state index contributed by atoms with van der Waals surface area (Å²) in [6.45, 7) is 1.11. The molecule has 4 rings (SSSR count). The Bertz CT molecular complexity index is 937. The first-order valence-corrected chi connectivity index (χ1v) is 8.04. The number of esters is 1. The van der Waals surface area contributed by atoms with Crippen LogP contribution in [0.3, 0.4) is 0 Å². The maximum absolute atomic E-state index is 11.9. The SMILES string of the molecule is COc1ccc2nc3c(c(COCc4ccccc4)c2c1)COC3=O. The second-order valence-electron chi connectivity index (χ2n) is 5.86. The molecule has 5 heteroatoms. The van der Waals surface area contributed by atoms with Crippen molar-refractivity contribution < 1.29 is 19.0 Å². The number of cyclic esters (lactones) is 1. The van der Waals surface area contributed by atoms with Crippen LogP contribution in [0.2, 0.25) is 0 Å². The average molecular weight is 335 g/mol. The number of aromatic nitrogens is 1. The van der Waals surface area contributed by atoms with Crippen molar-refractivity contribution in [3.63, 3.8) is 0 Å². The zero-order chi connectivity index (χ0) is 17.2. The second-order valence-corrected chi connectivity index (χ2v) is 5.86. The molecule has 1 aromatic heterocycles. The molecule has 1 aliphatic rings. The van der Waals surface area contributed by atoms with Gasteiger partial charge >= 0.3 is 5.97 Å². The highest BCUT2D eigenvalue weighted by Gasteiger charge is 2.27. The Kier molecular flexibility index (Phi) is 4.07. The van der Waals surface area contributed by atoms with Crippen molar-refractivity contribution in [2.75, 3.05) is 7.11 Å². The third kappa shape index (κ3) is 2.94. The van der Waals surface area contributed by atoms with Crippen molar-refractivity contribution in [3.05, 3.63) is 70.9 Å². The number of rotatable bonds is 5. The van der Waals surface area contributed by atoms with Crippen molar-refractivity contribution in [2.24, 2.45) is 0 Å². The summed E-state index contributed by atoms with van der Waals surface area (Å²) in [5.41, 5.74) is 3.95. The lowest BCUT2D eigenvalue weighted by Gasteiger charge is -2.12. The van der Waals surface area contributed by atoms with E-state index in [1.54, 1.807) is 7.11 Å². The number of hydrogen-bond donors (Lipinski definition) is 0. The molecule has 0 amide bonds. The van der Waals surface area contributed by atoms with Crippen LogP contribution in [-0.4, -0.2) is 18.1 Å². The third-order valence-corrected chi connectivity index (χ3v) is 4.31. The minimum Gasteiger partial charge on any atom is -0.497 e. The first kappa shape index (κ1) is 15.6. The van der Waals surface area contributed by atoms with Gasteiger partial charge in [-0.15, -0.1) is 0 Å². The third-order valence-electron chi connectivity index (χ3n) is 4.31. The number of hydrogen-bond acceptors (Lipinski definition) is 5. The largest absolute Gasteiger partial charge is 0.497 e. The summed E-state index contributed by atoms with van der Waals surface area (Å²) in [6.07, 6.45) is 0. The number of carbonyl (C=O) groups excluding carboxylic acids is 1. The molecule has 3 aromatic rings. The van der Waals surface area contributed by atoms with Gasteiger partial charge in [-0.05, 0) is 29.3 Å². The van der Waals surface area contributed by atoms with Crippen LogP contribution in [0.25, 0.3) is 10.9 Å². The molecule has 0 saturated heterocycles. The maximum Gasteiger partial charge on any atom is 0.357 e. The van der Waals surface area contributed by atoms with Gasteiger partial charge in [-0.1, -0.05) is 30.3 Å². The summed E-state index contributed by atoms with van der Waals surface area (Å²) in [5, 5.41) is 0.921. The maximum atomic E-state index is 11.9. The minimum absolute atomic E-state index is 0.234. The minimum atomic E-state index is -0.378. The van der Waals surface area contributed by atoms with Crippen molar-refractivity contribution in [3.8, 4) is 5.75 Å². The van der Waals surface area contributed by atoms with Crippen LogP contribution in [0.5, 0.6) is 5.75 Å². The van der Waals surface area contributed by atoms with Crippen LogP contribution in [0.4, 0.5) is 0 Å². The highest BCUT2D eigenvalue weighted by atomic mass is 16.5. The van der Waals surface area contributed by atoms with Gasteiger partial charge in [0, 0.05) is 10.9 Å². The van der Waals surface area contributed by atoms with E-state index in [0.29, 0.717) is 18.9 Å².